The molecule has 4 nitrogen and oxygen atoms in total. The molecule has 1 saturated heterocycles. The summed E-state index contributed by atoms with van der Waals surface area (Å²) in [5.74, 6) is 0. The maximum atomic E-state index is 11.4. The fourth-order valence-electron chi connectivity index (χ4n) is 1.55. The average Bonchev–Trinajstić information content (AvgIpc) is 2.04. The molecule has 1 fully saturated rings. The van der Waals surface area contributed by atoms with E-state index in [9.17, 15) is 8.42 Å². The van der Waals surface area contributed by atoms with Gasteiger partial charge in [0.25, 0.3) is 0 Å². The van der Waals surface area contributed by atoms with Gasteiger partial charge < -0.3 is 4.90 Å². The minimum Gasteiger partial charge on any atom is -0.306 e. The van der Waals surface area contributed by atoms with Crippen molar-refractivity contribution in [1.82, 2.24) is 4.90 Å². The third-order valence-electron chi connectivity index (χ3n) is 2.71. The van der Waals surface area contributed by atoms with E-state index >= 15 is 0 Å². The standard InChI is InChI=1S/C8H14N2O2S/c1-10-5-3-8(7-9,4-6-10)13(2,11)12/h3-6H2,1-2H3. The van der Waals surface area contributed by atoms with Gasteiger partial charge in [-0.2, -0.15) is 5.26 Å². The first kappa shape index (κ1) is 10.5. The fourth-order valence-corrected chi connectivity index (χ4v) is 2.64. The molecular weight excluding hydrogens is 188 g/mol. The van der Waals surface area contributed by atoms with Gasteiger partial charge in [-0.05, 0) is 19.9 Å². The van der Waals surface area contributed by atoms with Gasteiger partial charge >= 0.3 is 0 Å². The number of piperidine rings is 1. The molecule has 0 aliphatic carbocycles. The molecule has 0 amide bonds. The van der Waals surface area contributed by atoms with Crippen LogP contribution < -0.4 is 0 Å². The molecule has 0 aromatic heterocycles. The monoisotopic (exact) mass is 202 g/mol. The van der Waals surface area contributed by atoms with Crippen LogP contribution in [0.3, 0.4) is 0 Å². The third kappa shape index (κ3) is 1.84. The van der Waals surface area contributed by atoms with Crippen LogP contribution in [0.5, 0.6) is 0 Å². The number of nitrogens with zero attached hydrogens (tertiary/aromatic N) is 2. The maximum Gasteiger partial charge on any atom is 0.166 e. The fraction of sp³-hybridized carbons (Fsp3) is 0.875. The van der Waals surface area contributed by atoms with Crippen molar-refractivity contribution < 1.29 is 8.42 Å². The van der Waals surface area contributed by atoms with Crippen LogP contribution in [0.25, 0.3) is 0 Å². The summed E-state index contributed by atoms with van der Waals surface area (Å²) < 4.78 is 21.7. The zero-order chi connectivity index (χ0) is 10.1. The van der Waals surface area contributed by atoms with E-state index < -0.39 is 14.6 Å². The van der Waals surface area contributed by atoms with Gasteiger partial charge in [0.15, 0.2) is 14.6 Å². The Labute approximate surface area is 79.1 Å². The lowest BCUT2D eigenvalue weighted by Crippen LogP contribution is -2.46. The summed E-state index contributed by atoms with van der Waals surface area (Å²) >= 11 is 0. The number of likely N-dealkylation sites (tertiary alicyclic amines) is 1. The molecule has 1 rings (SSSR count). The van der Waals surface area contributed by atoms with Crippen LogP contribution in [0.4, 0.5) is 0 Å². The van der Waals surface area contributed by atoms with Crippen LogP contribution >= 0.6 is 0 Å². The number of nitriles is 1. The molecule has 74 valence electrons. The first-order valence-corrected chi connectivity index (χ1v) is 6.10. The highest BCUT2D eigenvalue weighted by Gasteiger charge is 2.43. The summed E-state index contributed by atoms with van der Waals surface area (Å²) in [5.41, 5.74) is 0. The van der Waals surface area contributed by atoms with E-state index in [1.807, 2.05) is 18.0 Å². The molecular formula is C8H14N2O2S. The molecule has 0 N–H and O–H groups in total. The highest BCUT2D eigenvalue weighted by molar-refractivity contribution is 7.92. The second-order valence-corrected chi connectivity index (χ2v) is 6.01. The topological polar surface area (TPSA) is 61.2 Å². The van der Waals surface area contributed by atoms with Crippen molar-refractivity contribution in [3.63, 3.8) is 0 Å². The van der Waals surface area contributed by atoms with Crippen molar-refractivity contribution in [2.75, 3.05) is 26.4 Å². The zero-order valence-electron chi connectivity index (χ0n) is 7.95. The molecule has 0 unspecified atom stereocenters. The van der Waals surface area contributed by atoms with Gasteiger partial charge in [0.2, 0.25) is 0 Å². The number of rotatable bonds is 1. The van der Waals surface area contributed by atoms with Crippen LogP contribution in [-0.4, -0.2) is 44.5 Å². The summed E-state index contributed by atoms with van der Waals surface area (Å²) in [5, 5.41) is 8.92. The molecule has 0 saturated carbocycles. The van der Waals surface area contributed by atoms with Crippen molar-refractivity contribution in [3.05, 3.63) is 0 Å². The van der Waals surface area contributed by atoms with E-state index in [1.165, 1.54) is 0 Å². The van der Waals surface area contributed by atoms with Crippen LogP contribution in [-0.2, 0) is 9.84 Å². The molecule has 1 aliphatic heterocycles. The van der Waals surface area contributed by atoms with Crippen LogP contribution in [0.1, 0.15) is 12.8 Å². The highest BCUT2D eigenvalue weighted by Crippen LogP contribution is 2.28. The van der Waals surface area contributed by atoms with Crippen molar-refractivity contribution >= 4 is 9.84 Å². The van der Waals surface area contributed by atoms with Crippen molar-refractivity contribution in [2.45, 2.75) is 17.6 Å². The molecule has 0 aromatic rings. The summed E-state index contributed by atoms with van der Waals surface area (Å²) in [6.45, 7) is 1.36. The van der Waals surface area contributed by atoms with Gasteiger partial charge in [-0.15, -0.1) is 0 Å². The number of hydrogen-bond donors (Lipinski definition) is 0. The second kappa shape index (κ2) is 3.28. The van der Waals surface area contributed by atoms with Gasteiger partial charge in [-0.3, -0.25) is 0 Å². The quantitative estimate of drug-likeness (QED) is 0.601. The summed E-state index contributed by atoms with van der Waals surface area (Å²) in [6, 6.07) is 1.96. The Bertz CT molecular complexity index is 321. The Kier molecular flexibility index (Phi) is 2.64. The van der Waals surface area contributed by atoms with Crippen LogP contribution in [0.2, 0.25) is 0 Å². The van der Waals surface area contributed by atoms with Crippen molar-refractivity contribution in [1.29, 1.82) is 5.26 Å². The molecule has 0 bridgehead atoms. The van der Waals surface area contributed by atoms with Gasteiger partial charge in [-0.1, -0.05) is 0 Å². The Balaban J connectivity index is 2.93. The molecule has 1 heterocycles. The predicted molar refractivity (Wildman–Crippen MR) is 49.9 cm³/mol. The molecule has 1 aliphatic rings. The molecule has 0 radical (unpaired) electrons. The van der Waals surface area contributed by atoms with Crippen molar-refractivity contribution in [3.8, 4) is 6.07 Å². The normalized spacial score (nSPS) is 23.8. The van der Waals surface area contributed by atoms with Gasteiger partial charge in [0.1, 0.15) is 0 Å². The van der Waals surface area contributed by atoms with E-state index in [2.05, 4.69) is 0 Å². The summed E-state index contributed by atoms with van der Waals surface area (Å²) in [7, 11) is -1.31. The Morgan fingerprint density at radius 1 is 1.38 bits per heavy atom. The van der Waals surface area contributed by atoms with Gasteiger partial charge in [0.05, 0.1) is 6.07 Å². The van der Waals surface area contributed by atoms with Crippen LogP contribution in [0.15, 0.2) is 0 Å². The minimum absolute atomic E-state index is 0.429. The molecule has 5 heteroatoms. The van der Waals surface area contributed by atoms with E-state index in [4.69, 9.17) is 5.26 Å². The highest BCUT2D eigenvalue weighted by atomic mass is 32.2. The predicted octanol–water partition coefficient (Wildman–Crippen LogP) is 0.0190. The Morgan fingerprint density at radius 2 is 1.85 bits per heavy atom. The molecule has 0 aromatic carbocycles. The lowest BCUT2D eigenvalue weighted by molar-refractivity contribution is 0.256. The molecule has 0 atom stereocenters. The Morgan fingerprint density at radius 3 is 2.15 bits per heavy atom. The van der Waals surface area contributed by atoms with E-state index in [1.54, 1.807) is 0 Å². The van der Waals surface area contributed by atoms with Gasteiger partial charge in [-0.25, -0.2) is 8.42 Å². The van der Waals surface area contributed by atoms with E-state index in [0.717, 1.165) is 6.26 Å². The third-order valence-corrected chi connectivity index (χ3v) is 4.63. The number of sulfone groups is 1. The second-order valence-electron chi connectivity index (χ2n) is 3.68. The smallest absolute Gasteiger partial charge is 0.166 e. The summed E-state index contributed by atoms with van der Waals surface area (Å²) in [6.07, 6.45) is 2.01. The van der Waals surface area contributed by atoms with Crippen LogP contribution in [0, 0.1) is 11.3 Å². The zero-order valence-corrected chi connectivity index (χ0v) is 8.76. The maximum absolute atomic E-state index is 11.4. The first-order chi connectivity index (χ1) is 5.91. The lowest BCUT2D eigenvalue weighted by Gasteiger charge is -2.33. The first-order valence-electron chi connectivity index (χ1n) is 4.21. The minimum atomic E-state index is -3.25. The van der Waals surface area contributed by atoms with Gasteiger partial charge in [0, 0.05) is 19.3 Å². The molecule has 0 spiro atoms. The Hall–Kier alpha value is -0.600. The van der Waals surface area contributed by atoms with E-state index in [0.29, 0.717) is 25.9 Å². The summed E-state index contributed by atoms with van der Waals surface area (Å²) in [4.78, 5) is 2.04. The molecule has 13 heavy (non-hydrogen) atoms. The lowest BCUT2D eigenvalue weighted by atomic mass is 9.98. The SMILES string of the molecule is CN1CCC(C#N)(S(C)(=O)=O)CC1. The largest absolute Gasteiger partial charge is 0.306 e. The number of hydrogen-bond acceptors (Lipinski definition) is 4. The van der Waals surface area contributed by atoms with Crippen molar-refractivity contribution in [2.24, 2.45) is 0 Å². The average molecular weight is 202 g/mol. The van der Waals surface area contributed by atoms with E-state index in [-0.39, 0.29) is 0 Å².